The molecule has 4 saturated heterocycles. The molecule has 0 amide bonds. The Bertz CT molecular complexity index is 1360. The van der Waals surface area contributed by atoms with Crippen LogP contribution >= 0.6 is 0 Å². The molecule has 2 aromatic rings. The SMILES string of the molecule is COc1cc(C2OCC3C(c4ccc(OC5OC(CO)C(O)C(O)C5OC5OCC(O)(CO)C5O)c(OC)c4)OCC23)ccc1O. The number of aromatic hydroxyl groups is 1. The summed E-state index contributed by atoms with van der Waals surface area (Å²) in [6, 6.07) is 10.3. The summed E-state index contributed by atoms with van der Waals surface area (Å²) < 4.78 is 46.2. The van der Waals surface area contributed by atoms with Gasteiger partial charge in [0.15, 0.2) is 35.4 Å². The van der Waals surface area contributed by atoms with Gasteiger partial charge in [-0.25, -0.2) is 0 Å². The van der Waals surface area contributed by atoms with E-state index in [9.17, 15) is 35.7 Å². The Kier molecular flexibility index (Phi) is 9.62. The van der Waals surface area contributed by atoms with Gasteiger partial charge in [0, 0.05) is 11.8 Å². The average Bonchev–Trinajstić information content (AvgIpc) is 3.76. The van der Waals surface area contributed by atoms with E-state index in [1.54, 1.807) is 36.4 Å². The fourth-order valence-electron chi connectivity index (χ4n) is 6.55. The van der Waals surface area contributed by atoms with Crippen LogP contribution in [0.5, 0.6) is 23.0 Å². The van der Waals surface area contributed by atoms with Crippen LogP contribution in [-0.2, 0) is 23.7 Å². The van der Waals surface area contributed by atoms with E-state index in [1.165, 1.54) is 14.2 Å². The molecule has 12 atom stereocenters. The standard InChI is InChI=1S/C31H40O15/c1-39-20-7-14(3-5-18(20)34)25-16-10-42-26(17(16)11-41-25)15-4-6-19(21(8-15)40-2)44-29-27(24(36)23(35)22(9-32)45-29)46-30-28(37)31(38,12-33)13-43-30/h3-8,16-17,22-30,32-38H,9-13H2,1-2H3. The molecular weight excluding hydrogens is 612 g/mol. The quantitative estimate of drug-likeness (QED) is 0.166. The largest absolute Gasteiger partial charge is 0.504 e. The first-order valence-corrected chi connectivity index (χ1v) is 15.0. The van der Waals surface area contributed by atoms with Crippen molar-refractivity contribution in [2.75, 3.05) is 47.3 Å². The number of methoxy groups -OCH3 is 2. The monoisotopic (exact) mass is 652 g/mol. The number of rotatable bonds is 10. The van der Waals surface area contributed by atoms with Gasteiger partial charge < -0.3 is 73.6 Å². The van der Waals surface area contributed by atoms with Gasteiger partial charge in [-0.15, -0.1) is 0 Å². The highest BCUT2D eigenvalue weighted by molar-refractivity contribution is 5.45. The summed E-state index contributed by atoms with van der Waals surface area (Å²) in [6.45, 7) is -0.998. The topological polar surface area (TPSA) is 215 Å². The number of hydrogen-bond donors (Lipinski definition) is 7. The zero-order valence-corrected chi connectivity index (χ0v) is 25.2. The van der Waals surface area contributed by atoms with E-state index >= 15 is 0 Å². The minimum atomic E-state index is -1.99. The van der Waals surface area contributed by atoms with Crippen LogP contribution in [0.1, 0.15) is 23.3 Å². The molecule has 7 N–H and O–H groups in total. The van der Waals surface area contributed by atoms with Crippen molar-refractivity contribution in [2.45, 2.75) is 60.9 Å². The second-order valence-corrected chi connectivity index (χ2v) is 12.0. The predicted molar refractivity (Wildman–Crippen MR) is 153 cm³/mol. The molecule has 0 bridgehead atoms. The molecule has 4 aliphatic rings. The molecule has 15 nitrogen and oxygen atoms in total. The summed E-state index contributed by atoms with van der Waals surface area (Å²) in [5.41, 5.74) is -0.312. The number of ether oxygens (including phenoxy) is 8. The second kappa shape index (κ2) is 13.4. The van der Waals surface area contributed by atoms with Crippen LogP contribution in [0.2, 0.25) is 0 Å². The highest BCUT2D eigenvalue weighted by atomic mass is 16.8. The van der Waals surface area contributed by atoms with Crippen LogP contribution in [0.3, 0.4) is 0 Å². The van der Waals surface area contributed by atoms with Crippen LogP contribution in [0.4, 0.5) is 0 Å². The molecular formula is C31H40O15. The van der Waals surface area contributed by atoms with Gasteiger partial charge in [-0.1, -0.05) is 12.1 Å². The van der Waals surface area contributed by atoms with E-state index < -0.39 is 68.5 Å². The molecule has 6 rings (SSSR count). The Morgan fingerprint density at radius 1 is 0.804 bits per heavy atom. The lowest BCUT2D eigenvalue weighted by Crippen LogP contribution is -2.62. The van der Waals surface area contributed by atoms with Crippen molar-refractivity contribution in [1.82, 2.24) is 0 Å². The van der Waals surface area contributed by atoms with Crippen LogP contribution in [-0.4, -0.2) is 132 Å². The van der Waals surface area contributed by atoms with Crippen LogP contribution < -0.4 is 14.2 Å². The van der Waals surface area contributed by atoms with E-state index in [2.05, 4.69) is 0 Å². The molecule has 46 heavy (non-hydrogen) atoms. The molecule has 0 aliphatic carbocycles. The maximum Gasteiger partial charge on any atom is 0.229 e. The maximum absolute atomic E-state index is 10.9. The third-order valence-electron chi connectivity index (χ3n) is 9.25. The lowest BCUT2D eigenvalue weighted by Gasteiger charge is -2.42. The van der Waals surface area contributed by atoms with Gasteiger partial charge in [-0.05, 0) is 35.4 Å². The van der Waals surface area contributed by atoms with Gasteiger partial charge in [0.05, 0.1) is 59.5 Å². The fourth-order valence-corrected chi connectivity index (χ4v) is 6.55. The van der Waals surface area contributed by atoms with Crippen molar-refractivity contribution >= 4 is 0 Å². The molecule has 12 unspecified atom stereocenters. The molecule has 0 radical (unpaired) electrons. The summed E-state index contributed by atoms with van der Waals surface area (Å²) >= 11 is 0. The smallest absolute Gasteiger partial charge is 0.229 e. The Morgan fingerprint density at radius 3 is 2.02 bits per heavy atom. The van der Waals surface area contributed by atoms with Crippen LogP contribution in [0.25, 0.3) is 0 Å². The van der Waals surface area contributed by atoms with Crippen LogP contribution in [0, 0.1) is 11.8 Å². The summed E-state index contributed by atoms with van der Waals surface area (Å²) in [5.74, 6) is 0.951. The Hall–Kier alpha value is -2.80. The third-order valence-corrected chi connectivity index (χ3v) is 9.25. The maximum atomic E-state index is 10.9. The summed E-state index contributed by atoms with van der Waals surface area (Å²) in [7, 11) is 2.93. The highest BCUT2D eigenvalue weighted by Crippen LogP contribution is 2.51. The number of aliphatic hydroxyl groups is 6. The Labute approximate surface area is 264 Å². The lowest BCUT2D eigenvalue weighted by molar-refractivity contribution is -0.319. The first kappa shape index (κ1) is 33.1. The van der Waals surface area contributed by atoms with Gasteiger partial charge in [0.25, 0.3) is 0 Å². The molecule has 0 spiro atoms. The summed E-state index contributed by atoms with van der Waals surface area (Å²) in [5, 5.41) is 71.5. The summed E-state index contributed by atoms with van der Waals surface area (Å²) in [6.07, 6.45) is -11.1. The van der Waals surface area contributed by atoms with Gasteiger partial charge >= 0.3 is 0 Å². The molecule has 4 heterocycles. The molecule has 4 fully saturated rings. The lowest BCUT2D eigenvalue weighted by atomic mass is 9.85. The number of benzene rings is 2. The van der Waals surface area contributed by atoms with Crippen molar-refractivity contribution < 1.29 is 73.6 Å². The Morgan fingerprint density at radius 2 is 1.43 bits per heavy atom. The molecule has 0 aromatic heterocycles. The van der Waals surface area contributed by atoms with E-state index in [-0.39, 0.29) is 35.5 Å². The number of phenols is 1. The number of hydrogen-bond acceptors (Lipinski definition) is 15. The average molecular weight is 653 g/mol. The molecule has 15 heteroatoms. The Balaban J connectivity index is 1.19. The number of phenolic OH excluding ortho intramolecular Hbond substituents is 1. The van der Waals surface area contributed by atoms with E-state index in [1.807, 2.05) is 0 Å². The van der Waals surface area contributed by atoms with Gasteiger partial charge in [-0.2, -0.15) is 0 Å². The zero-order valence-electron chi connectivity index (χ0n) is 25.2. The minimum absolute atomic E-state index is 0.0260. The van der Waals surface area contributed by atoms with Gasteiger partial charge in [-0.3, -0.25) is 0 Å². The zero-order chi connectivity index (χ0) is 32.7. The third kappa shape index (κ3) is 5.90. The van der Waals surface area contributed by atoms with Crippen molar-refractivity contribution in [3.05, 3.63) is 47.5 Å². The van der Waals surface area contributed by atoms with Crippen molar-refractivity contribution in [3.8, 4) is 23.0 Å². The molecule has 254 valence electrons. The number of fused-ring (bicyclic) bond motifs is 1. The van der Waals surface area contributed by atoms with Crippen molar-refractivity contribution in [3.63, 3.8) is 0 Å². The van der Waals surface area contributed by atoms with E-state index in [0.717, 1.165) is 11.1 Å². The minimum Gasteiger partial charge on any atom is -0.504 e. The van der Waals surface area contributed by atoms with E-state index in [4.69, 9.17) is 37.9 Å². The van der Waals surface area contributed by atoms with Crippen molar-refractivity contribution in [1.29, 1.82) is 0 Å². The van der Waals surface area contributed by atoms with Crippen molar-refractivity contribution in [2.24, 2.45) is 11.8 Å². The van der Waals surface area contributed by atoms with Gasteiger partial charge in [0.1, 0.15) is 30.0 Å². The number of aliphatic hydroxyl groups excluding tert-OH is 5. The molecule has 2 aromatic carbocycles. The summed E-state index contributed by atoms with van der Waals surface area (Å²) in [4.78, 5) is 0. The predicted octanol–water partition coefficient (Wildman–Crippen LogP) is -0.872. The first-order chi connectivity index (χ1) is 22.1. The van der Waals surface area contributed by atoms with Gasteiger partial charge in [0.2, 0.25) is 6.29 Å². The molecule has 0 saturated carbocycles. The normalized spacial score (nSPS) is 38.9. The molecule has 4 aliphatic heterocycles. The van der Waals surface area contributed by atoms with Crippen LogP contribution in [0.15, 0.2) is 36.4 Å². The second-order valence-electron chi connectivity index (χ2n) is 12.0. The highest BCUT2D eigenvalue weighted by Gasteiger charge is 2.54. The fraction of sp³-hybridized carbons (Fsp3) is 0.613. The first-order valence-electron chi connectivity index (χ1n) is 15.0. The van der Waals surface area contributed by atoms with E-state index in [0.29, 0.717) is 24.7 Å².